The average molecular weight is 173 g/mol. The number of nitrogens with two attached hydrogens (primary N) is 1. The van der Waals surface area contributed by atoms with E-state index in [9.17, 15) is 0 Å². The Labute approximate surface area is 76.5 Å². The molecular weight excluding hydrogens is 150 g/mol. The van der Waals surface area contributed by atoms with Gasteiger partial charge in [-0.05, 0) is 13.0 Å². The van der Waals surface area contributed by atoms with Crippen LogP contribution in [-0.2, 0) is 4.74 Å². The molecule has 2 nitrogen and oxygen atoms in total. The van der Waals surface area contributed by atoms with E-state index in [-0.39, 0.29) is 5.41 Å². The molecule has 0 radical (unpaired) electrons. The Balaban J connectivity index is 3.19. The van der Waals surface area contributed by atoms with Gasteiger partial charge in [-0.15, -0.1) is 0 Å². The van der Waals surface area contributed by atoms with Crippen molar-refractivity contribution in [2.24, 2.45) is 11.1 Å². The molecule has 0 spiro atoms. The predicted molar refractivity (Wildman–Crippen MR) is 53.2 cm³/mol. The summed E-state index contributed by atoms with van der Waals surface area (Å²) in [5, 5.41) is 0. The minimum Gasteiger partial charge on any atom is -0.381 e. The molecule has 2 N–H and O–H groups in total. The van der Waals surface area contributed by atoms with Crippen LogP contribution in [0, 0.1) is 5.41 Å². The highest BCUT2D eigenvalue weighted by atomic mass is 16.5. The highest BCUT2D eigenvalue weighted by Crippen LogP contribution is 2.12. The fraction of sp³-hybridized carbons (Fsp3) is 1.00. The molecule has 0 rings (SSSR count). The first-order valence-corrected chi connectivity index (χ1v) is 4.90. The van der Waals surface area contributed by atoms with Crippen LogP contribution in [0.1, 0.15) is 40.0 Å². The van der Waals surface area contributed by atoms with Gasteiger partial charge in [0.25, 0.3) is 0 Å². The van der Waals surface area contributed by atoms with Crippen molar-refractivity contribution in [3.63, 3.8) is 0 Å². The zero-order valence-electron chi connectivity index (χ0n) is 8.73. The Morgan fingerprint density at radius 2 is 1.92 bits per heavy atom. The summed E-state index contributed by atoms with van der Waals surface area (Å²) in [6.45, 7) is 8.83. The summed E-state index contributed by atoms with van der Waals surface area (Å²) in [5.74, 6) is 0. The molecule has 0 bridgehead atoms. The molecule has 0 saturated heterocycles. The van der Waals surface area contributed by atoms with E-state index < -0.39 is 0 Å². The average Bonchev–Trinajstić information content (AvgIpc) is 2.04. The molecule has 12 heavy (non-hydrogen) atoms. The van der Waals surface area contributed by atoms with Gasteiger partial charge in [-0.1, -0.05) is 33.6 Å². The highest BCUT2D eigenvalue weighted by molar-refractivity contribution is 4.67. The van der Waals surface area contributed by atoms with Gasteiger partial charge in [0, 0.05) is 12.0 Å². The van der Waals surface area contributed by atoms with Crippen LogP contribution in [0.3, 0.4) is 0 Å². The minimum atomic E-state index is 0.145. The molecule has 0 atom stereocenters. The maximum atomic E-state index is 5.57. The number of rotatable bonds is 7. The molecule has 0 aliphatic heterocycles. The molecule has 0 fully saturated rings. The fourth-order valence-corrected chi connectivity index (χ4v) is 0.862. The van der Waals surface area contributed by atoms with Crippen LogP contribution in [0.5, 0.6) is 0 Å². The zero-order chi connectivity index (χ0) is 9.45. The standard InChI is InChI=1S/C10H23NO/c1-4-5-6-7-12-9-10(2,3)8-11/h4-9,11H2,1-3H3. The van der Waals surface area contributed by atoms with Crippen LogP contribution in [0.2, 0.25) is 0 Å². The van der Waals surface area contributed by atoms with Crippen LogP contribution >= 0.6 is 0 Å². The Kier molecular flexibility index (Phi) is 6.39. The number of unbranched alkanes of at least 4 members (excludes halogenated alkanes) is 2. The van der Waals surface area contributed by atoms with Gasteiger partial charge in [0.1, 0.15) is 0 Å². The second-order valence-corrected chi connectivity index (χ2v) is 4.13. The summed E-state index contributed by atoms with van der Waals surface area (Å²) >= 11 is 0. The third-order valence-corrected chi connectivity index (χ3v) is 1.94. The fourth-order valence-electron chi connectivity index (χ4n) is 0.862. The van der Waals surface area contributed by atoms with Crippen molar-refractivity contribution in [2.75, 3.05) is 19.8 Å². The molecule has 0 aromatic carbocycles. The van der Waals surface area contributed by atoms with Crippen molar-refractivity contribution in [1.82, 2.24) is 0 Å². The van der Waals surface area contributed by atoms with Crippen molar-refractivity contribution in [3.05, 3.63) is 0 Å². The van der Waals surface area contributed by atoms with Crippen molar-refractivity contribution in [1.29, 1.82) is 0 Å². The molecule has 2 heteroatoms. The van der Waals surface area contributed by atoms with Gasteiger partial charge in [-0.2, -0.15) is 0 Å². The lowest BCUT2D eigenvalue weighted by molar-refractivity contribution is 0.0641. The van der Waals surface area contributed by atoms with Gasteiger partial charge < -0.3 is 10.5 Å². The molecule has 0 amide bonds. The summed E-state index contributed by atoms with van der Waals surface area (Å²) in [6, 6.07) is 0. The number of hydrogen-bond donors (Lipinski definition) is 1. The van der Waals surface area contributed by atoms with Gasteiger partial charge in [0.05, 0.1) is 6.61 Å². The van der Waals surface area contributed by atoms with E-state index in [1.54, 1.807) is 0 Å². The van der Waals surface area contributed by atoms with E-state index in [0.29, 0.717) is 6.54 Å². The quantitative estimate of drug-likeness (QED) is 0.599. The normalized spacial score (nSPS) is 12.0. The monoisotopic (exact) mass is 173 g/mol. The molecule has 0 heterocycles. The SMILES string of the molecule is CCCCCOCC(C)(C)CN. The Morgan fingerprint density at radius 3 is 2.42 bits per heavy atom. The van der Waals surface area contributed by atoms with Gasteiger partial charge in [-0.25, -0.2) is 0 Å². The van der Waals surface area contributed by atoms with Gasteiger partial charge in [0.2, 0.25) is 0 Å². The Hall–Kier alpha value is -0.0800. The lowest BCUT2D eigenvalue weighted by atomic mass is 9.95. The molecule has 74 valence electrons. The van der Waals surface area contributed by atoms with Crippen LogP contribution in [0.4, 0.5) is 0 Å². The summed E-state index contributed by atoms with van der Waals surface area (Å²) in [7, 11) is 0. The van der Waals surface area contributed by atoms with E-state index >= 15 is 0 Å². The van der Waals surface area contributed by atoms with Crippen molar-refractivity contribution >= 4 is 0 Å². The topological polar surface area (TPSA) is 35.2 Å². The molecule has 0 unspecified atom stereocenters. The zero-order valence-corrected chi connectivity index (χ0v) is 8.73. The number of ether oxygens (including phenoxy) is 1. The van der Waals surface area contributed by atoms with Crippen LogP contribution in [-0.4, -0.2) is 19.8 Å². The molecule has 0 saturated carbocycles. The minimum absolute atomic E-state index is 0.145. The van der Waals surface area contributed by atoms with E-state index in [1.807, 2.05) is 0 Å². The largest absolute Gasteiger partial charge is 0.381 e. The second-order valence-electron chi connectivity index (χ2n) is 4.13. The summed E-state index contributed by atoms with van der Waals surface area (Å²) < 4.78 is 5.51. The predicted octanol–water partition coefficient (Wildman–Crippen LogP) is 2.18. The third-order valence-electron chi connectivity index (χ3n) is 1.94. The van der Waals surface area contributed by atoms with Crippen molar-refractivity contribution in [3.8, 4) is 0 Å². The number of hydrogen-bond acceptors (Lipinski definition) is 2. The maximum absolute atomic E-state index is 5.57. The first-order valence-electron chi connectivity index (χ1n) is 4.90. The summed E-state index contributed by atoms with van der Waals surface area (Å²) in [5.41, 5.74) is 5.71. The van der Waals surface area contributed by atoms with Crippen LogP contribution in [0.15, 0.2) is 0 Å². The van der Waals surface area contributed by atoms with Crippen molar-refractivity contribution < 1.29 is 4.74 Å². The van der Waals surface area contributed by atoms with Gasteiger partial charge >= 0.3 is 0 Å². The lowest BCUT2D eigenvalue weighted by Crippen LogP contribution is -2.29. The van der Waals surface area contributed by atoms with Gasteiger partial charge in [0.15, 0.2) is 0 Å². The Bertz CT molecular complexity index is 102. The third kappa shape index (κ3) is 6.62. The first-order chi connectivity index (χ1) is 5.62. The lowest BCUT2D eigenvalue weighted by Gasteiger charge is -2.21. The molecule has 0 aromatic heterocycles. The second kappa shape index (κ2) is 6.44. The molecule has 0 aliphatic carbocycles. The highest BCUT2D eigenvalue weighted by Gasteiger charge is 2.14. The van der Waals surface area contributed by atoms with E-state index in [4.69, 9.17) is 10.5 Å². The van der Waals surface area contributed by atoms with E-state index in [2.05, 4.69) is 20.8 Å². The summed E-state index contributed by atoms with van der Waals surface area (Å²) in [6.07, 6.45) is 3.70. The maximum Gasteiger partial charge on any atom is 0.0529 e. The van der Waals surface area contributed by atoms with Crippen molar-refractivity contribution in [2.45, 2.75) is 40.0 Å². The van der Waals surface area contributed by atoms with E-state index in [0.717, 1.165) is 13.2 Å². The Morgan fingerprint density at radius 1 is 1.25 bits per heavy atom. The molecule has 0 aromatic rings. The van der Waals surface area contributed by atoms with E-state index in [1.165, 1.54) is 19.3 Å². The molecular formula is C10H23NO. The van der Waals surface area contributed by atoms with Crippen LogP contribution in [0.25, 0.3) is 0 Å². The van der Waals surface area contributed by atoms with Crippen LogP contribution < -0.4 is 5.73 Å². The summed E-state index contributed by atoms with van der Waals surface area (Å²) in [4.78, 5) is 0. The molecule has 0 aliphatic rings. The first kappa shape index (κ1) is 11.9. The smallest absolute Gasteiger partial charge is 0.0529 e. The van der Waals surface area contributed by atoms with Gasteiger partial charge in [-0.3, -0.25) is 0 Å².